The molecule has 1 aromatic carbocycles. The molecule has 6 rings (SSSR count). The number of fused-ring (bicyclic) bond motifs is 5. The largest absolute Gasteiger partial charge is 0.461 e. The Bertz CT molecular complexity index is 1260. The summed E-state index contributed by atoms with van der Waals surface area (Å²) in [7, 11) is 1.34. The van der Waals surface area contributed by atoms with E-state index in [1.807, 2.05) is 28.8 Å². The van der Waals surface area contributed by atoms with Crippen LogP contribution in [0.15, 0.2) is 34.2 Å². The molecule has 4 aliphatic rings. The molecule has 2 saturated heterocycles. The first-order valence-corrected chi connectivity index (χ1v) is 14.7. The van der Waals surface area contributed by atoms with Gasteiger partial charge in [0, 0.05) is 24.2 Å². The van der Waals surface area contributed by atoms with Crippen molar-refractivity contribution in [1.82, 2.24) is 14.5 Å². The molecule has 1 aromatic heterocycles. The topological polar surface area (TPSA) is 95.2 Å². The van der Waals surface area contributed by atoms with Gasteiger partial charge in [0.25, 0.3) is 5.56 Å². The zero-order chi connectivity index (χ0) is 26.9. The molecule has 2 saturated carbocycles. The molecule has 0 amide bonds. The van der Waals surface area contributed by atoms with E-state index < -0.39 is 5.97 Å². The molecule has 3 heterocycles. The number of piperidine rings is 1. The van der Waals surface area contributed by atoms with Crippen LogP contribution in [0.1, 0.15) is 76.4 Å². The van der Waals surface area contributed by atoms with Gasteiger partial charge in [-0.3, -0.25) is 9.69 Å². The van der Waals surface area contributed by atoms with E-state index in [1.165, 1.54) is 52.1 Å². The monoisotopic (exact) mass is 536 g/mol. The summed E-state index contributed by atoms with van der Waals surface area (Å²) >= 11 is 0. The maximum Gasteiger partial charge on any atom is 0.362 e. The molecule has 2 aromatic rings. The lowest BCUT2D eigenvalue weighted by molar-refractivity contribution is -0.135. The minimum atomic E-state index is -0.718. The molecule has 0 N–H and O–H groups in total. The van der Waals surface area contributed by atoms with Crippen LogP contribution in [0, 0.1) is 11.8 Å². The zero-order valence-corrected chi connectivity index (χ0v) is 23.1. The van der Waals surface area contributed by atoms with Crippen LogP contribution in [0.2, 0.25) is 0 Å². The van der Waals surface area contributed by atoms with Crippen molar-refractivity contribution < 1.29 is 19.1 Å². The number of benzene rings is 1. The molecule has 9 heteroatoms. The number of para-hydroxylation sites is 2. The average Bonchev–Trinajstić information content (AvgIpc) is 3.10. The molecule has 2 unspecified atom stereocenters. The predicted octanol–water partition coefficient (Wildman–Crippen LogP) is 4.07. The molecule has 5 atom stereocenters. The Labute approximate surface area is 229 Å². The van der Waals surface area contributed by atoms with E-state index >= 15 is 0 Å². The summed E-state index contributed by atoms with van der Waals surface area (Å²) in [5, 5.41) is 3.87. The normalized spacial score (nSPS) is 31.5. The van der Waals surface area contributed by atoms with Crippen LogP contribution in [-0.4, -0.2) is 71.2 Å². The highest BCUT2D eigenvalue weighted by Gasteiger charge is 2.46. The third kappa shape index (κ3) is 5.11. The fourth-order valence-corrected chi connectivity index (χ4v) is 7.97. The summed E-state index contributed by atoms with van der Waals surface area (Å²) < 4.78 is 13.1. The van der Waals surface area contributed by atoms with Crippen LogP contribution in [0.5, 0.6) is 0 Å². The minimum Gasteiger partial charge on any atom is -0.461 e. The van der Waals surface area contributed by atoms with E-state index in [-0.39, 0.29) is 41.7 Å². The lowest BCUT2D eigenvalue weighted by Gasteiger charge is -2.54. The summed E-state index contributed by atoms with van der Waals surface area (Å²) in [6.07, 6.45) is 11.2. The number of hydrogen-bond acceptors (Lipinski definition) is 8. The van der Waals surface area contributed by atoms with Gasteiger partial charge in [-0.05, 0) is 63.0 Å². The van der Waals surface area contributed by atoms with Gasteiger partial charge in [-0.15, -0.1) is 0 Å². The lowest BCUT2D eigenvalue weighted by Crippen LogP contribution is -2.62. The maximum absolute atomic E-state index is 14.1. The Morgan fingerprint density at radius 2 is 1.69 bits per heavy atom. The molecule has 0 radical (unpaired) electrons. The first kappa shape index (κ1) is 26.4. The highest BCUT2D eigenvalue weighted by Crippen LogP contribution is 2.44. The molecule has 4 bridgehead atoms. The van der Waals surface area contributed by atoms with Gasteiger partial charge in [0.1, 0.15) is 7.11 Å². The van der Waals surface area contributed by atoms with Crippen molar-refractivity contribution in [3.8, 4) is 0 Å². The standard InChI is InChI=1S/C30H40N4O5/c1-3-39-30(36)28(32-37-2)27-29(35)34(26-11-7-6-10-25(26)31-27)22-15-23-17-38-18-24(16-22)33(23)21-13-19-8-4-5-9-20(12-19)14-21/h6-7,10-11,19-24H,3-5,8-9,12-18H2,1-2H3/t19-,20?,21?,23+,24+/m1/s1. The van der Waals surface area contributed by atoms with Gasteiger partial charge in [0.2, 0.25) is 5.71 Å². The summed E-state index contributed by atoms with van der Waals surface area (Å²) in [5.74, 6) is 0.988. The van der Waals surface area contributed by atoms with Crippen molar-refractivity contribution in [2.45, 2.75) is 88.9 Å². The Balaban J connectivity index is 1.36. The quantitative estimate of drug-likeness (QED) is 0.312. The van der Waals surface area contributed by atoms with E-state index in [1.54, 1.807) is 6.92 Å². The van der Waals surface area contributed by atoms with Crippen LogP contribution in [0.25, 0.3) is 11.0 Å². The number of oxime groups is 1. The van der Waals surface area contributed by atoms with E-state index in [2.05, 4.69) is 15.0 Å². The van der Waals surface area contributed by atoms with Crippen LogP contribution < -0.4 is 5.56 Å². The van der Waals surface area contributed by atoms with Gasteiger partial charge in [0.15, 0.2) is 5.69 Å². The molecule has 2 aliphatic heterocycles. The third-order valence-electron chi connectivity index (χ3n) is 9.36. The number of hydrogen-bond donors (Lipinski definition) is 0. The lowest BCUT2D eigenvalue weighted by atomic mass is 9.75. The van der Waals surface area contributed by atoms with Gasteiger partial charge in [0.05, 0.1) is 30.9 Å². The SMILES string of the molecule is CCOC(=O)C(=NOC)c1nc2ccccc2n(C2C[C@H]3COC[C@H](C2)N3C2CC3CCCC[C@H](C3)C2)c1=O. The third-order valence-corrected chi connectivity index (χ3v) is 9.36. The van der Waals surface area contributed by atoms with Gasteiger partial charge < -0.3 is 18.9 Å². The Morgan fingerprint density at radius 3 is 2.36 bits per heavy atom. The van der Waals surface area contributed by atoms with Crippen molar-refractivity contribution in [2.75, 3.05) is 26.9 Å². The van der Waals surface area contributed by atoms with Gasteiger partial charge >= 0.3 is 5.97 Å². The molecule has 39 heavy (non-hydrogen) atoms. The number of rotatable bonds is 6. The van der Waals surface area contributed by atoms with Crippen LogP contribution >= 0.6 is 0 Å². The summed E-state index contributed by atoms with van der Waals surface area (Å²) in [4.78, 5) is 39.1. The molecular formula is C30H40N4O5. The van der Waals surface area contributed by atoms with E-state index in [4.69, 9.17) is 14.3 Å². The minimum absolute atomic E-state index is 0.0313. The predicted molar refractivity (Wildman–Crippen MR) is 148 cm³/mol. The molecule has 4 fully saturated rings. The number of nitrogens with zero attached hydrogens (tertiary/aromatic N) is 4. The number of ether oxygens (including phenoxy) is 2. The van der Waals surface area contributed by atoms with E-state index in [0.29, 0.717) is 24.8 Å². The number of morpholine rings is 1. The number of carbonyl (C=O) groups excluding carboxylic acids is 1. The highest BCUT2D eigenvalue weighted by molar-refractivity contribution is 6.42. The summed E-state index contributed by atoms with van der Waals surface area (Å²) in [6, 6.07) is 8.74. The van der Waals surface area contributed by atoms with Gasteiger partial charge in [-0.1, -0.05) is 43.0 Å². The van der Waals surface area contributed by atoms with Crippen molar-refractivity contribution in [3.63, 3.8) is 0 Å². The molecular weight excluding hydrogens is 496 g/mol. The molecule has 0 spiro atoms. The van der Waals surface area contributed by atoms with Crippen LogP contribution in [0.4, 0.5) is 0 Å². The Morgan fingerprint density at radius 1 is 1.00 bits per heavy atom. The number of aromatic nitrogens is 2. The number of esters is 1. The van der Waals surface area contributed by atoms with Crippen molar-refractivity contribution in [2.24, 2.45) is 17.0 Å². The Kier molecular flexibility index (Phi) is 7.71. The first-order valence-electron chi connectivity index (χ1n) is 14.7. The van der Waals surface area contributed by atoms with Crippen LogP contribution in [0.3, 0.4) is 0 Å². The second kappa shape index (κ2) is 11.4. The van der Waals surface area contributed by atoms with Crippen molar-refractivity contribution in [1.29, 1.82) is 0 Å². The van der Waals surface area contributed by atoms with Crippen LogP contribution in [-0.2, 0) is 19.1 Å². The van der Waals surface area contributed by atoms with Crippen molar-refractivity contribution in [3.05, 3.63) is 40.3 Å². The first-order chi connectivity index (χ1) is 19.1. The van der Waals surface area contributed by atoms with E-state index in [9.17, 15) is 9.59 Å². The maximum atomic E-state index is 14.1. The summed E-state index contributed by atoms with van der Waals surface area (Å²) in [6.45, 7) is 3.27. The average molecular weight is 537 g/mol. The Hall–Kier alpha value is -2.78. The second-order valence-corrected chi connectivity index (χ2v) is 11.8. The summed E-state index contributed by atoms with van der Waals surface area (Å²) in [5.41, 5.74) is 0.843. The fraction of sp³-hybridized carbons (Fsp3) is 0.667. The molecule has 210 valence electrons. The molecule has 2 aliphatic carbocycles. The molecule has 9 nitrogen and oxygen atoms in total. The number of carbonyl (C=O) groups is 1. The van der Waals surface area contributed by atoms with Gasteiger partial charge in [-0.2, -0.15) is 0 Å². The highest BCUT2D eigenvalue weighted by atomic mass is 16.6. The van der Waals surface area contributed by atoms with Gasteiger partial charge in [-0.25, -0.2) is 9.78 Å². The van der Waals surface area contributed by atoms with Crippen molar-refractivity contribution >= 4 is 22.7 Å². The van der Waals surface area contributed by atoms with E-state index in [0.717, 1.165) is 30.2 Å². The smallest absolute Gasteiger partial charge is 0.362 e. The second-order valence-electron chi connectivity index (χ2n) is 11.8. The zero-order valence-electron chi connectivity index (χ0n) is 23.1. The fourth-order valence-electron chi connectivity index (χ4n) is 7.97.